The van der Waals surface area contributed by atoms with Crippen molar-refractivity contribution >= 4 is 5.69 Å². The van der Waals surface area contributed by atoms with Gasteiger partial charge in [0.05, 0.1) is 30.6 Å². The van der Waals surface area contributed by atoms with Gasteiger partial charge in [0.25, 0.3) is 0 Å². The number of aromatic nitrogens is 1. The number of rotatable bonds is 4. The molecular weight excluding hydrogens is 204 g/mol. The molecule has 1 aromatic heterocycles. The summed E-state index contributed by atoms with van der Waals surface area (Å²) in [4.78, 5) is 4.24. The van der Waals surface area contributed by atoms with Gasteiger partial charge in [-0.1, -0.05) is 0 Å². The second-order valence-corrected chi connectivity index (χ2v) is 4.26. The number of anilines is 1. The smallest absolute Gasteiger partial charge is 0.213 e. The molecule has 1 saturated heterocycles. The van der Waals surface area contributed by atoms with Crippen molar-refractivity contribution in [2.75, 3.05) is 18.5 Å². The molecule has 4 heteroatoms. The SMILES string of the molecule is CC(C)Oc1ccc(NC2CCOC2)cn1. The molecule has 0 aromatic carbocycles. The fourth-order valence-electron chi connectivity index (χ4n) is 1.66. The zero-order chi connectivity index (χ0) is 11.4. The topological polar surface area (TPSA) is 43.4 Å². The van der Waals surface area contributed by atoms with E-state index in [0.29, 0.717) is 11.9 Å². The molecule has 2 rings (SSSR count). The molecule has 16 heavy (non-hydrogen) atoms. The first-order valence-electron chi connectivity index (χ1n) is 5.71. The predicted molar refractivity (Wildman–Crippen MR) is 62.8 cm³/mol. The third-order valence-corrected chi connectivity index (χ3v) is 2.39. The standard InChI is InChI=1S/C12H18N2O2/c1-9(2)16-12-4-3-10(7-13-12)14-11-5-6-15-8-11/h3-4,7,9,11,14H,5-6,8H2,1-2H3. The number of nitrogens with zero attached hydrogens (tertiary/aromatic N) is 1. The Labute approximate surface area is 96.0 Å². The molecule has 0 radical (unpaired) electrons. The summed E-state index contributed by atoms with van der Waals surface area (Å²) in [5, 5.41) is 3.38. The van der Waals surface area contributed by atoms with E-state index >= 15 is 0 Å². The Balaban J connectivity index is 1.90. The lowest BCUT2D eigenvalue weighted by Gasteiger charge is -2.13. The fraction of sp³-hybridized carbons (Fsp3) is 0.583. The van der Waals surface area contributed by atoms with Crippen molar-refractivity contribution in [1.29, 1.82) is 0 Å². The van der Waals surface area contributed by atoms with Crippen LogP contribution in [0.4, 0.5) is 5.69 Å². The Bertz CT molecular complexity index is 318. The number of ether oxygens (including phenoxy) is 2. The van der Waals surface area contributed by atoms with Gasteiger partial charge in [-0.3, -0.25) is 0 Å². The predicted octanol–water partition coefficient (Wildman–Crippen LogP) is 2.07. The molecule has 0 amide bonds. The van der Waals surface area contributed by atoms with Crippen LogP contribution in [-0.2, 0) is 4.74 Å². The van der Waals surface area contributed by atoms with Gasteiger partial charge in [-0.2, -0.15) is 0 Å². The highest BCUT2D eigenvalue weighted by Crippen LogP contribution is 2.16. The van der Waals surface area contributed by atoms with E-state index in [4.69, 9.17) is 9.47 Å². The van der Waals surface area contributed by atoms with Crippen LogP contribution in [0.5, 0.6) is 5.88 Å². The summed E-state index contributed by atoms with van der Waals surface area (Å²) in [6.45, 7) is 5.61. The van der Waals surface area contributed by atoms with Crippen LogP contribution in [0, 0.1) is 0 Å². The highest BCUT2D eigenvalue weighted by molar-refractivity contribution is 5.43. The summed E-state index contributed by atoms with van der Waals surface area (Å²) < 4.78 is 10.8. The second-order valence-electron chi connectivity index (χ2n) is 4.26. The molecule has 1 N–H and O–H groups in total. The van der Waals surface area contributed by atoms with Crippen LogP contribution >= 0.6 is 0 Å². The van der Waals surface area contributed by atoms with Gasteiger partial charge in [0.1, 0.15) is 0 Å². The number of hydrogen-bond donors (Lipinski definition) is 1. The second kappa shape index (κ2) is 5.16. The summed E-state index contributed by atoms with van der Waals surface area (Å²) in [6.07, 6.45) is 3.02. The molecule has 1 unspecified atom stereocenters. The molecule has 0 aliphatic carbocycles. The molecule has 2 heterocycles. The Kier molecular flexibility index (Phi) is 3.62. The minimum atomic E-state index is 0.162. The van der Waals surface area contributed by atoms with E-state index in [1.165, 1.54) is 0 Å². The lowest BCUT2D eigenvalue weighted by atomic mass is 10.2. The van der Waals surface area contributed by atoms with Crippen LogP contribution in [0.15, 0.2) is 18.3 Å². The molecule has 88 valence electrons. The van der Waals surface area contributed by atoms with Crippen molar-refractivity contribution in [3.05, 3.63) is 18.3 Å². The van der Waals surface area contributed by atoms with Crippen molar-refractivity contribution in [2.45, 2.75) is 32.4 Å². The molecule has 0 spiro atoms. The molecule has 1 aliphatic rings. The van der Waals surface area contributed by atoms with Gasteiger partial charge in [0.2, 0.25) is 5.88 Å². The van der Waals surface area contributed by atoms with Gasteiger partial charge in [-0.25, -0.2) is 4.98 Å². The van der Waals surface area contributed by atoms with Crippen LogP contribution in [0.25, 0.3) is 0 Å². The van der Waals surface area contributed by atoms with E-state index in [1.54, 1.807) is 6.20 Å². The van der Waals surface area contributed by atoms with Crippen LogP contribution in [0.3, 0.4) is 0 Å². The van der Waals surface area contributed by atoms with Crippen LogP contribution < -0.4 is 10.1 Å². The maximum absolute atomic E-state index is 5.48. The quantitative estimate of drug-likeness (QED) is 0.847. The van der Waals surface area contributed by atoms with Crippen LogP contribution in [-0.4, -0.2) is 30.3 Å². The minimum absolute atomic E-state index is 0.162. The highest BCUT2D eigenvalue weighted by atomic mass is 16.5. The molecule has 0 saturated carbocycles. The number of hydrogen-bond acceptors (Lipinski definition) is 4. The fourth-order valence-corrected chi connectivity index (χ4v) is 1.66. The van der Waals surface area contributed by atoms with Crippen LogP contribution in [0.1, 0.15) is 20.3 Å². The highest BCUT2D eigenvalue weighted by Gasteiger charge is 2.14. The Hall–Kier alpha value is -1.29. The average molecular weight is 222 g/mol. The summed E-state index contributed by atoms with van der Waals surface area (Å²) >= 11 is 0. The molecule has 1 aromatic rings. The summed E-state index contributed by atoms with van der Waals surface area (Å²) in [5.41, 5.74) is 1.02. The number of nitrogens with one attached hydrogen (secondary N) is 1. The molecule has 1 fully saturated rings. The van der Waals surface area contributed by atoms with Gasteiger partial charge < -0.3 is 14.8 Å². The molecule has 0 bridgehead atoms. The number of pyridine rings is 1. The van der Waals surface area contributed by atoms with Crippen molar-refractivity contribution in [1.82, 2.24) is 4.98 Å². The summed E-state index contributed by atoms with van der Waals surface area (Å²) in [5.74, 6) is 0.670. The normalized spacial score (nSPS) is 20.1. The maximum Gasteiger partial charge on any atom is 0.213 e. The average Bonchev–Trinajstić information content (AvgIpc) is 2.73. The van der Waals surface area contributed by atoms with E-state index in [2.05, 4.69) is 10.3 Å². The first-order valence-corrected chi connectivity index (χ1v) is 5.71. The Morgan fingerprint density at radius 3 is 2.94 bits per heavy atom. The van der Waals surface area contributed by atoms with Crippen molar-refractivity contribution in [3.8, 4) is 5.88 Å². The molecule has 1 aliphatic heterocycles. The van der Waals surface area contributed by atoms with E-state index < -0.39 is 0 Å². The van der Waals surface area contributed by atoms with Crippen molar-refractivity contribution in [3.63, 3.8) is 0 Å². The maximum atomic E-state index is 5.48. The summed E-state index contributed by atoms with van der Waals surface area (Å²) in [7, 11) is 0. The van der Waals surface area contributed by atoms with Gasteiger partial charge in [0, 0.05) is 12.7 Å². The van der Waals surface area contributed by atoms with E-state index in [-0.39, 0.29) is 6.10 Å². The lowest BCUT2D eigenvalue weighted by Crippen LogP contribution is -2.18. The van der Waals surface area contributed by atoms with Gasteiger partial charge in [0.15, 0.2) is 0 Å². The third-order valence-electron chi connectivity index (χ3n) is 2.39. The molecular formula is C12H18N2O2. The van der Waals surface area contributed by atoms with Gasteiger partial charge in [-0.15, -0.1) is 0 Å². The monoisotopic (exact) mass is 222 g/mol. The van der Waals surface area contributed by atoms with Gasteiger partial charge >= 0.3 is 0 Å². The van der Waals surface area contributed by atoms with Crippen LogP contribution in [0.2, 0.25) is 0 Å². The summed E-state index contributed by atoms with van der Waals surface area (Å²) in [6, 6.07) is 4.29. The Morgan fingerprint density at radius 2 is 2.38 bits per heavy atom. The zero-order valence-electron chi connectivity index (χ0n) is 9.77. The first kappa shape index (κ1) is 11.2. The largest absolute Gasteiger partial charge is 0.475 e. The van der Waals surface area contributed by atoms with E-state index in [9.17, 15) is 0 Å². The van der Waals surface area contributed by atoms with Gasteiger partial charge in [-0.05, 0) is 26.3 Å². The third kappa shape index (κ3) is 3.10. The minimum Gasteiger partial charge on any atom is -0.475 e. The molecule has 4 nitrogen and oxygen atoms in total. The lowest BCUT2D eigenvalue weighted by molar-refractivity contribution is 0.195. The molecule has 1 atom stereocenters. The zero-order valence-corrected chi connectivity index (χ0v) is 9.77. The van der Waals surface area contributed by atoms with E-state index in [1.807, 2.05) is 26.0 Å². The first-order chi connectivity index (χ1) is 7.74. The van der Waals surface area contributed by atoms with Crippen molar-refractivity contribution < 1.29 is 9.47 Å². The Morgan fingerprint density at radius 1 is 1.50 bits per heavy atom. The van der Waals surface area contributed by atoms with Crippen molar-refractivity contribution in [2.24, 2.45) is 0 Å². The van der Waals surface area contributed by atoms with E-state index in [0.717, 1.165) is 25.3 Å².